The summed E-state index contributed by atoms with van der Waals surface area (Å²) in [6.45, 7) is 0.953. The van der Waals surface area contributed by atoms with Crippen molar-refractivity contribution < 1.29 is 23.8 Å². The lowest BCUT2D eigenvalue weighted by Crippen LogP contribution is -2.10. The smallest absolute Gasteiger partial charge is 0.335 e. The molecule has 2 heterocycles. The van der Waals surface area contributed by atoms with Gasteiger partial charge in [0.2, 0.25) is 5.88 Å². The molecule has 0 aliphatic heterocycles. The molecular formula is C32H28FN5O4S. The van der Waals surface area contributed by atoms with Crippen molar-refractivity contribution in [2.75, 3.05) is 24.7 Å². The minimum absolute atomic E-state index is 0.0236. The molecule has 2 N–H and O–H groups in total. The van der Waals surface area contributed by atoms with Crippen LogP contribution in [0.5, 0.6) is 5.88 Å². The maximum absolute atomic E-state index is 14.3. The number of carbonyl (C=O) groups is 1. The minimum atomic E-state index is -0.991. The number of nitrogens with zero attached hydrogens (tertiary/aromatic N) is 4. The summed E-state index contributed by atoms with van der Waals surface area (Å²) < 4.78 is 30.7. The molecule has 11 heteroatoms. The molecule has 2 aromatic heterocycles. The Hall–Kier alpha value is -4.92. The Kier molecular flexibility index (Phi) is 9.20. The molecule has 0 atom stereocenters. The maximum Gasteiger partial charge on any atom is 0.335 e. The first-order valence-electron chi connectivity index (χ1n) is 13.3. The zero-order chi connectivity index (χ0) is 30.3. The van der Waals surface area contributed by atoms with Gasteiger partial charge in [0.25, 0.3) is 0 Å². The number of pyridine rings is 1. The van der Waals surface area contributed by atoms with Gasteiger partial charge in [-0.2, -0.15) is 5.26 Å². The van der Waals surface area contributed by atoms with E-state index in [1.165, 1.54) is 24.1 Å². The molecule has 0 unspecified atom stereocenters. The fraction of sp³-hybridized carbons (Fsp3) is 0.188. The highest BCUT2D eigenvalue weighted by molar-refractivity contribution is 7.99. The number of benzene rings is 3. The van der Waals surface area contributed by atoms with E-state index in [2.05, 4.69) is 9.71 Å². The van der Waals surface area contributed by atoms with Crippen molar-refractivity contribution in [3.8, 4) is 23.2 Å². The average molecular weight is 598 g/mol. The molecule has 0 aliphatic carbocycles. The van der Waals surface area contributed by atoms with Gasteiger partial charge in [-0.3, -0.25) is 0 Å². The second-order valence-corrected chi connectivity index (χ2v) is 10.2. The van der Waals surface area contributed by atoms with Crippen molar-refractivity contribution in [3.05, 3.63) is 107 Å². The van der Waals surface area contributed by atoms with Gasteiger partial charge < -0.3 is 23.9 Å². The van der Waals surface area contributed by atoms with E-state index >= 15 is 0 Å². The molecule has 0 amide bonds. The number of carboxylic acid groups (broad SMARTS) is 1. The van der Waals surface area contributed by atoms with Crippen LogP contribution in [0.4, 0.5) is 10.1 Å². The lowest BCUT2D eigenvalue weighted by molar-refractivity contribution is 0.0697. The Morgan fingerprint density at radius 2 is 1.93 bits per heavy atom. The predicted octanol–water partition coefficient (Wildman–Crippen LogP) is 6.31. The summed E-state index contributed by atoms with van der Waals surface area (Å²) >= 11 is 1.46. The van der Waals surface area contributed by atoms with Crippen LogP contribution in [-0.4, -0.2) is 45.6 Å². The SMILES string of the molecule is COCCn1c(Cc2ccc(-c3cccc(OCc4ccc(C#N)cc4F)n3)cc2NSC)nc2ccc(C(=O)O)cc21. The molecule has 0 saturated carbocycles. The number of hydrogen-bond donors (Lipinski definition) is 2. The second-order valence-electron chi connectivity index (χ2n) is 9.60. The number of nitriles is 1. The van der Waals surface area contributed by atoms with Gasteiger partial charge in [-0.05, 0) is 48.0 Å². The topological polar surface area (TPSA) is 122 Å². The van der Waals surface area contributed by atoms with Crippen molar-refractivity contribution in [1.29, 1.82) is 5.26 Å². The van der Waals surface area contributed by atoms with Crippen LogP contribution in [0.15, 0.2) is 72.8 Å². The average Bonchev–Trinajstić information content (AvgIpc) is 3.36. The first kappa shape index (κ1) is 29.6. The fourth-order valence-electron chi connectivity index (χ4n) is 4.68. The van der Waals surface area contributed by atoms with Crippen LogP contribution in [0.3, 0.4) is 0 Å². The zero-order valence-corrected chi connectivity index (χ0v) is 24.3. The van der Waals surface area contributed by atoms with Gasteiger partial charge in [0.05, 0.1) is 40.5 Å². The number of anilines is 1. The van der Waals surface area contributed by atoms with Crippen molar-refractivity contribution in [2.24, 2.45) is 0 Å². The van der Waals surface area contributed by atoms with E-state index in [0.717, 1.165) is 28.2 Å². The number of carboxylic acids is 1. The van der Waals surface area contributed by atoms with Crippen LogP contribution in [0.1, 0.15) is 32.9 Å². The summed E-state index contributed by atoms with van der Waals surface area (Å²) in [6, 6.07) is 22.5. The molecule has 5 rings (SSSR count). The normalized spacial score (nSPS) is 10.9. The number of imidazole rings is 1. The molecule has 0 bridgehead atoms. The lowest BCUT2D eigenvalue weighted by Gasteiger charge is -2.14. The molecule has 0 saturated heterocycles. The lowest BCUT2D eigenvalue weighted by atomic mass is 10.0. The Bertz CT molecular complexity index is 1840. The molecule has 0 spiro atoms. The standard InChI is InChI=1S/C32H28FN5O4S/c1-41-13-12-38-29-16-23(32(39)40)10-11-27(29)35-30(38)17-22-9-8-21(15-28(22)37-43-2)26-4-3-5-31(36-26)42-19-24-7-6-20(18-34)14-25(24)33/h3-11,14-16,37H,12-13,17,19H2,1-2H3,(H,39,40). The van der Waals surface area contributed by atoms with Gasteiger partial charge in [0.15, 0.2) is 0 Å². The molecule has 3 aromatic carbocycles. The highest BCUT2D eigenvalue weighted by Gasteiger charge is 2.16. The monoisotopic (exact) mass is 597 g/mol. The summed E-state index contributed by atoms with van der Waals surface area (Å²) in [5, 5.41) is 18.4. The van der Waals surface area contributed by atoms with Crippen molar-refractivity contribution in [1.82, 2.24) is 14.5 Å². The molecule has 43 heavy (non-hydrogen) atoms. The van der Waals surface area contributed by atoms with Crippen LogP contribution in [0.2, 0.25) is 0 Å². The first-order chi connectivity index (χ1) is 20.9. The number of halogens is 1. The Morgan fingerprint density at radius 1 is 1.09 bits per heavy atom. The number of aromatic nitrogens is 3. The summed E-state index contributed by atoms with van der Waals surface area (Å²) in [4.78, 5) is 21.0. The van der Waals surface area contributed by atoms with Crippen LogP contribution >= 0.6 is 11.9 Å². The number of nitrogens with one attached hydrogen (secondary N) is 1. The number of ether oxygens (including phenoxy) is 2. The third kappa shape index (κ3) is 6.77. The molecular weight excluding hydrogens is 569 g/mol. The molecule has 0 aliphatic rings. The summed E-state index contributed by atoms with van der Waals surface area (Å²) in [6.07, 6.45) is 2.43. The number of aromatic carboxylic acids is 1. The maximum atomic E-state index is 14.3. The Balaban J connectivity index is 1.41. The predicted molar refractivity (Wildman–Crippen MR) is 164 cm³/mol. The van der Waals surface area contributed by atoms with Crippen LogP contribution in [0.25, 0.3) is 22.3 Å². The number of fused-ring (bicyclic) bond motifs is 1. The van der Waals surface area contributed by atoms with E-state index < -0.39 is 11.8 Å². The quantitative estimate of drug-likeness (QED) is 0.159. The molecule has 9 nitrogen and oxygen atoms in total. The Labute approximate surface area is 252 Å². The minimum Gasteiger partial charge on any atom is -0.478 e. The van der Waals surface area contributed by atoms with E-state index in [1.54, 1.807) is 37.4 Å². The third-order valence-electron chi connectivity index (χ3n) is 6.84. The summed E-state index contributed by atoms with van der Waals surface area (Å²) in [7, 11) is 1.63. The molecule has 5 aromatic rings. The van der Waals surface area contributed by atoms with Crippen LogP contribution < -0.4 is 9.46 Å². The summed E-state index contributed by atoms with van der Waals surface area (Å²) in [5.41, 5.74) is 5.66. The van der Waals surface area contributed by atoms with Crippen molar-refractivity contribution >= 4 is 34.6 Å². The third-order valence-corrected chi connectivity index (χ3v) is 7.26. The number of methoxy groups -OCH3 is 1. The number of hydrogen-bond acceptors (Lipinski definition) is 8. The van der Waals surface area contributed by atoms with Gasteiger partial charge in [-0.1, -0.05) is 36.2 Å². The van der Waals surface area contributed by atoms with Gasteiger partial charge in [-0.25, -0.2) is 19.2 Å². The van der Waals surface area contributed by atoms with Gasteiger partial charge >= 0.3 is 5.97 Å². The first-order valence-corrected chi connectivity index (χ1v) is 14.5. The second kappa shape index (κ2) is 13.4. The van der Waals surface area contributed by atoms with Gasteiger partial charge in [-0.15, -0.1) is 0 Å². The van der Waals surface area contributed by atoms with Gasteiger partial charge in [0.1, 0.15) is 18.2 Å². The van der Waals surface area contributed by atoms with E-state index in [-0.39, 0.29) is 17.7 Å². The van der Waals surface area contributed by atoms with Crippen LogP contribution in [0, 0.1) is 17.1 Å². The fourth-order valence-corrected chi connectivity index (χ4v) is 5.09. The largest absolute Gasteiger partial charge is 0.478 e. The number of rotatable bonds is 12. The Morgan fingerprint density at radius 3 is 2.67 bits per heavy atom. The zero-order valence-electron chi connectivity index (χ0n) is 23.5. The van der Waals surface area contributed by atoms with E-state index in [0.29, 0.717) is 42.2 Å². The molecule has 218 valence electrons. The summed E-state index contributed by atoms with van der Waals surface area (Å²) in [5.74, 6) is -0.363. The van der Waals surface area contributed by atoms with E-state index in [4.69, 9.17) is 19.7 Å². The van der Waals surface area contributed by atoms with E-state index in [9.17, 15) is 14.3 Å². The molecule has 0 fully saturated rings. The van der Waals surface area contributed by atoms with Gasteiger partial charge in [0, 0.05) is 49.2 Å². The van der Waals surface area contributed by atoms with Crippen molar-refractivity contribution in [2.45, 2.75) is 19.6 Å². The highest BCUT2D eigenvalue weighted by Crippen LogP contribution is 2.30. The highest BCUT2D eigenvalue weighted by atomic mass is 32.2. The van der Waals surface area contributed by atoms with Crippen LogP contribution in [-0.2, 0) is 24.3 Å². The van der Waals surface area contributed by atoms with Crippen molar-refractivity contribution in [3.63, 3.8) is 0 Å². The van der Waals surface area contributed by atoms with E-state index in [1.807, 2.05) is 47.2 Å². The molecule has 0 radical (unpaired) electrons.